The minimum Gasteiger partial charge on any atom is -0.481 e. The third-order valence-electron chi connectivity index (χ3n) is 4.64. The Kier molecular flexibility index (Phi) is 4.52. The van der Waals surface area contributed by atoms with Crippen molar-refractivity contribution in [2.45, 2.75) is 26.4 Å². The van der Waals surface area contributed by atoms with Crippen LogP contribution in [0.1, 0.15) is 25.0 Å². The molecule has 0 unspecified atom stereocenters. The number of hydrogen-bond acceptors (Lipinski definition) is 6. The maximum atomic E-state index is 12.6. The Morgan fingerprint density at radius 2 is 1.96 bits per heavy atom. The van der Waals surface area contributed by atoms with Crippen molar-refractivity contribution < 1.29 is 14.5 Å². The number of hydrogen-bond donors (Lipinski definition) is 0. The van der Waals surface area contributed by atoms with Crippen LogP contribution in [-0.2, 0) is 4.84 Å². The summed E-state index contributed by atoms with van der Waals surface area (Å²) in [5, 5.41) is 13.0. The van der Waals surface area contributed by atoms with Gasteiger partial charge in [-0.2, -0.15) is 0 Å². The Balaban J connectivity index is 2.50. The average molecular weight is 371 g/mol. The number of likely N-dealkylation sites (N-methyl/N-ethyl adjacent to an activating group) is 1. The van der Waals surface area contributed by atoms with Crippen molar-refractivity contribution >= 4 is 11.4 Å². The second-order valence-corrected chi connectivity index (χ2v) is 6.74. The number of aromatic nitrogens is 1. The molecule has 0 fully saturated rings. The zero-order valence-electron chi connectivity index (χ0n) is 15.8. The molecule has 0 aliphatic carbocycles. The summed E-state index contributed by atoms with van der Waals surface area (Å²) in [6.07, 6.45) is 1.63. The molecule has 0 atom stereocenters. The highest BCUT2D eigenvalue weighted by atomic mass is 16.7. The second-order valence-electron chi connectivity index (χ2n) is 6.74. The molecule has 0 saturated carbocycles. The van der Waals surface area contributed by atoms with Crippen molar-refractivity contribution in [3.63, 3.8) is 0 Å². The summed E-state index contributed by atoms with van der Waals surface area (Å²) in [6, 6.07) is 7.80. The van der Waals surface area contributed by atoms with Crippen LogP contribution in [0.4, 0.5) is 5.69 Å². The van der Waals surface area contributed by atoms with Crippen LogP contribution < -0.4 is 10.3 Å². The number of benzene rings is 1. The minimum absolute atomic E-state index is 0.0436. The minimum atomic E-state index is -0.842. The van der Waals surface area contributed by atoms with E-state index < -0.39 is 10.5 Å². The van der Waals surface area contributed by atoms with E-state index in [4.69, 9.17) is 9.57 Å². The summed E-state index contributed by atoms with van der Waals surface area (Å²) in [6.45, 7) is 5.36. The molecule has 1 aromatic heterocycles. The highest BCUT2D eigenvalue weighted by Crippen LogP contribution is 2.45. The van der Waals surface area contributed by atoms with Gasteiger partial charge in [0.25, 0.3) is 11.2 Å². The molecule has 0 saturated heterocycles. The second kappa shape index (κ2) is 6.55. The largest absolute Gasteiger partial charge is 0.481 e. The van der Waals surface area contributed by atoms with Gasteiger partial charge in [0.05, 0.1) is 23.3 Å². The Morgan fingerprint density at radius 1 is 1.26 bits per heavy atom. The molecule has 0 spiro atoms. The van der Waals surface area contributed by atoms with Gasteiger partial charge in [-0.3, -0.25) is 29.4 Å². The summed E-state index contributed by atoms with van der Waals surface area (Å²) < 4.78 is 7.61. The fourth-order valence-electron chi connectivity index (χ4n) is 3.45. The summed E-state index contributed by atoms with van der Waals surface area (Å²) in [7, 11) is 3.20. The van der Waals surface area contributed by atoms with Crippen molar-refractivity contribution in [3.05, 3.63) is 73.8 Å². The number of rotatable bonds is 4. The molecule has 3 rings (SSSR count). The molecule has 0 bridgehead atoms. The smallest absolute Gasteiger partial charge is 0.273 e. The van der Waals surface area contributed by atoms with E-state index in [1.54, 1.807) is 38.4 Å². The van der Waals surface area contributed by atoms with Gasteiger partial charge in [-0.1, -0.05) is 6.07 Å². The van der Waals surface area contributed by atoms with Gasteiger partial charge in [-0.05, 0) is 32.9 Å². The molecule has 2 aromatic rings. The lowest BCUT2D eigenvalue weighted by Crippen LogP contribution is -2.43. The molecule has 0 amide bonds. The predicted octanol–water partition coefficient (Wildman–Crippen LogP) is 2.95. The summed E-state index contributed by atoms with van der Waals surface area (Å²) in [5.74, 6) is 0.474. The monoisotopic (exact) mass is 371 g/mol. The molecule has 2 heterocycles. The fraction of sp³-hybridized carbons (Fsp3) is 0.316. The van der Waals surface area contributed by atoms with Crippen molar-refractivity contribution in [2.75, 3.05) is 14.2 Å². The maximum absolute atomic E-state index is 12.6. The molecule has 1 aromatic carbocycles. The van der Waals surface area contributed by atoms with Gasteiger partial charge in [0.1, 0.15) is 17.0 Å². The van der Waals surface area contributed by atoms with E-state index in [9.17, 15) is 14.9 Å². The SMILES string of the molecule is CON(C)C1=C(n2ccccc2=O)c2c(ccc([N+](=O)[O-])c2C)OC1(C)C. The average Bonchev–Trinajstić information content (AvgIpc) is 2.59. The standard InChI is InChI=1S/C19H21N3O5/c1-12-13(22(24)25)9-10-14-16(12)17(21-11-7-6-8-15(21)23)18(20(4)26-5)19(2,3)27-14/h6-11H,1-5H3. The first-order chi connectivity index (χ1) is 12.7. The molecule has 0 radical (unpaired) electrons. The van der Waals surface area contributed by atoms with Crippen LogP contribution >= 0.6 is 0 Å². The predicted molar refractivity (Wildman–Crippen MR) is 100 cm³/mol. The molecule has 27 heavy (non-hydrogen) atoms. The van der Waals surface area contributed by atoms with Crippen molar-refractivity contribution in [1.29, 1.82) is 0 Å². The number of ether oxygens (including phenoxy) is 1. The van der Waals surface area contributed by atoms with Gasteiger partial charge >= 0.3 is 0 Å². The van der Waals surface area contributed by atoms with Crippen LogP contribution in [-0.4, -0.2) is 34.3 Å². The van der Waals surface area contributed by atoms with Gasteiger partial charge in [-0.15, -0.1) is 0 Å². The molecular formula is C19H21N3O5. The van der Waals surface area contributed by atoms with Crippen LogP contribution in [0.25, 0.3) is 5.70 Å². The van der Waals surface area contributed by atoms with Crippen LogP contribution in [0.3, 0.4) is 0 Å². The molecule has 8 nitrogen and oxygen atoms in total. The molecular weight excluding hydrogens is 350 g/mol. The Labute approximate surface area is 156 Å². The summed E-state index contributed by atoms with van der Waals surface area (Å²) >= 11 is 0. The van der Waals surface area contributed by atoms with E-state index in [0.29, 0.717) is 28.3 Å². The van der Waals surface area contributed by atoms with Crippen molar-refractivity contribution in [2.24, 2.45) is 0 Å². The number of nitro benzene ring substituents is 1. The quantitative estimate of drug-likeness (QED) is 0.607. The molecule has 1 aliphatic rings. The zero-order chi connectivity index (χ0) is 19.9. The van der Waals surface area contributed by atoms with E-state index in [2.05, 4.69) is 0 Å². The highest BCUT2D eigenvalue weighted by Gasteiger charge is 2.40. The van der Waals surface area contributed by atoms with Gasteiger partial charge < -0.3 is 4.74 Å². The van der Waals surface area contributed by atoms with Crippen LogP contribution in [0, 0.1) is 17.0 Å². The van der Waals surface area contributed by atoms with Gasteiger partial charge in [0, 0.05) is 30.9 Å². The number of nitrogens with zero attached hydrogens (tertiary/aromatic N) is 3. The van der Waals surface area contributed by atoms with Crippen LogP contribution in [0.15, 0.2) is 47.0 Å². The van der Waals surface area contributed by atoms with E-state index in [1.807, 2.05) is 13.8 Å². The summed E-state index contributed by atoms with van der Waals surface area (Å²) in [4.78, 5) is 29.0. The zero-order valence-corrected chi connectivity index (χ0v) is 15.8. The van der Waals surface area contributed by atoms with Crippen molar-refractivity contribution in [1.82, 2.24) is 9.63 Å². The first-order valence-electron chi connectivity index (χ1n) is 8.37. The number of nitro groups is 1. The highest BCUT2D eigenvalue weighted by molar-refractivity contribution is 5.80. The van der Waals surface area contributed by atoms with E-state index >= 15 is 0 Å². The van der Waals surface area contributed by atoms with Gasteiger partial charge in [0.15, 0.2) is 0 Å². The van der Waals surface area contributed by atoms with E-state index in [0.717, 1.165) is 0 Å². The molecule has 1 aliphatic heterocycles. The third-order valence-corrected chi connectivity index (χ3v) is 4.64. The topological polar surface area (TPSA) is 86.8 Å². The van der Waals surface area contributed by atoms with Gasteiger partial charge in [0.2, 0.25) is 0 Å². The number of hydroxylamine groups is 2. The number of pyridine rings is 1. The van der Waals surface area contributed by atoms with Gasteiger partial charge in [-0.25, -0.2) is 0 Å². The Hall–Kier alpha value is -3.13. The molecule has 8 heteroatoms. The van der Waals surface area contributed by atoms with E-state index in [-0.39, 0.29) is 11.2 Å². The fourth-order valence-corrected chi connectivity index (χ4v) is 3.45. The lowest BCUT2D eigenvalue weighted by Gasteiger charge is -2.40. The number of fused-ring (bicyclic) bond motifs is 1. The third kappa shape index (κ3) is 2.97. The maximum Gasteiger partial charge on any atom is 0.273 e. The van der Waals surface area contributed by atoms with Crippen LogP contribution in [0.2, 0.25) is 0 Å². The normalized spacial score (nSPS) is 15.1. The summed E-state index contributed by atoms with van der Waals surface area (Å²) in [5.41, 5.74) is 0.843. The van der Waals surface area contributed by atoms with Crippen LogP contribution in [0.5, 0.6) is 5.75 Å². The lowest BCUT2D eigenvalue weighted by atomic mass is 9.91. The Bertz CT molecular complexity index is 1010. The lowest BCUT2D eigenvalue weighted by molar-refractivity contribution is -0.385. The van der Waals surface area contributed by atoms with Crippen molar-refractivity contribution in [3.8, 4) is 5.75 Å². The molecule has 0 N–H and O–H groups in total. The van der Waals surface area contributed by atoms with E-state index in [1.165, 1.54) is 28.9 Å². The molecule has 142 valence electrons. The first kappa shape index (κ1) is 18.7. The Morgan fingerprint density at radius 3 is 2.56 bits per heavy atom. The first-order valence-corrected chi connectivity index (χ1v) is 8.37.